The number of nitrogens with zero attached hydrogens (tertiary/aromatic N) is 1. The van der Waals surface area contributed by atoms with Crippen molar-refractivity contribution in [3.63, 3.8) is 0 Å². The van der Waals surface area contributed by atoms with Gasteiger partial charge in [-0.2, -0.15) is 0 Å². The summed E-state index contributed by atoms with van der Waals surface area (Å²) in [6.07, 6.45) is 3.35. The molecule has 180 valence electrons. The number of hydrogen-bond acceptors (Lipinski definition) is 6. The van der Waals surface area contributed by atoms with E-state index in [4.69, 9.17) is 18.3 Å². The van der Waals surface area contributed by atoms with Gasteiger partial charge in [0.2, 0.25) is 5.76 Å². The molecule has 1 atom stereocenters. The maximum Gasteiger partial charge on any atom is 0.292 e. The summed E-state index contributed by atoms with van der Waals surface area (Å²) in [4.78, 5) is 28.2. The fourth-order valence-electron chi connectivity index (χ4n) is 4.15. The molecule has 1 N–H and O–H groups in total. The summed E-state index contributed by atoms with van der Waals surface area (Å²) in [6.45, 7) is 1.12. The number of hydrogen-bond donors (Lipinski definition) is 1. The number of furan rings is 2. The van der Waals surface area contributed by atoms with Crippen LogP contribution in [0, 0.1) is 0 Å². The lowest BCUT2D eigenvalue weighted by molar-refractivity contribution is -0.118. The molecule has 2 amide bonds. The van der Waals surface area contributed by atoms with E-state index < -0.39 is 5.91 Å². The van der Waals surface area contributed by atoms with Gasteiger partial charge in [-0.25, -0.2) is 0 Å². The molecule has 2 aromatic carbocycles. The molecule has 1 aliphatic heterocycles. The third-order valence-corrected chi connectivity index (χ3v) is 5.83. The number of amides is 2. The second kappa shape index (κ2) is 10.5. The average molecular weight is 475 g/mol. The monoisotopic (exact) mass is 474 g/mol. The number of para-hydroxylation sites is 2. The zero-order chi connectivity index (χ0) is 24.0. The first-order chi connectivity index (χ1) is 17.2. The van der Waals surface area contributed by atoms with Gasteiger partial charge in [0.05, 0.1) is 18.9 Å². The fraction of sp³-hybridized carbons (Fsp3) is 0.259. The van der Waals surface area contributed by atoms with Crippen LogP contribution in [0.1, 0.15) is 29.2 Å². The molecule has 8 heteroatoms. The minimum absolute atomic E-state index is 0.0591. The van der Waals surface area contributed by atoms with Crippen LogP contribution in [0.3, 0.4) is 0 Å². The van der Waals surface area contributed by atoms with E-state index in [1.54, 1.807) is 41.5 Å². The van der Waals surface area contributed by atoms with Gasteiger partial charge in [-0.05, 0) is 49.2 Å². The number of carbonyl (C=O) groups excluding carboxylic acids is 2. The molecule has 0 spiro atoms. The molecule has 1 saturated heterocycles. The van der Waals surface area contributed by atoms with E-state index in [2.05, 4.69) is 5.32 Å². The number of ether oxygens (including phenoxy) is 2. The summed E-state index contributed by atoms with van der Waals surface area (Å²) in [7, 11) is 0. The summed E-state index contributed by atoms with van der Waals surface area (Å²) in [5.41, 5.74) is 0.828. The smallest absolute Gasteiger partial charge is 0.292 e. The Bertz CT molecular complexity index is 1280. The standard InChI is InChI=1S/C27H26N2O6/c30-24(18-34-19-8-2-1-3-9-19)28-25-22-12-4-5-13-23(22)35-26(25)27(31)29(16-20-10-6-14-32-20)17-21-11-7-15-33-21/h1-6,8-10,12-14,21H,7,11,15-18H2,(H,28,30). The number of benzene rings is 2. The summed E-state index contributed by atoms with van der Waals surface area (Å²) in [5, 5.41) is 3.47. The number of carbonyl (C=O) groups is 2. The van der Waals surface area contributed by atoms with Crippen molar-refractivity contribution in [2.45, 2.75) is 25.5 Å². The van der Waals surface area contributed by atoms with E-state index >= 15 is 0 Å². The lowest BCUT2D eigenvalue weighted by Gasteiger charge is -2.24. The van der Waals surface area contributed by atoms with Crippen LogP contribution in [0.4, 0.5) is 5.69 Å². The van der Waals surface area contributed by atoms with E-state index in [-0.39, 0.29) is 30.9 Å². The normalized spacial score (nSPS) is 15.3. The minimum atomic E-state index is -0.397. The van der Waals surface area contributed by atoms with E-state index in [1.165, 1.54) is 0 Å². The largest absolute Gasteiger partial charge is 0.484 e. The second-order valence-electron chi connectivity index (χ2n) is 8.35. The molecular formula is C27H26N2O6. The Morgan fingerprint density at radius 1 is 1.03 bits per heavy atom. The number of anilines is 1. The Hall–Kier alpha value is -4.04. The quantitative estimate of drug-likeness (QED) is 0.372. The minimum Gasteiger partial charge on any atom is -0.484 e. The molecule has 1 unspecified atom stereocenters. The van der Waals surface area contributed by atoms with Gasteiger partial charge in [0, 0.05) is 18.5 Å². The van der Waals surface area contributed by atoms with Gasteiger partial charge in [-0.1, -0.05) is 30.3 Å². The second-order valence-corrected chi connectivity index (χ2v) is 8.35. The Kier molecular flexibility index (Phi) is 6.81. The molecule has 0 bridgehead atoms. The predicted octanol–water partition coefficient (Wildman–Crippen LogP) is 4.86. The Balaban J connectivity index is 1.40. The number of fused-ring (bicyclic) bond motifs is 1. The molecule has 0 saturated carbocycles. The van der Waals surface area contributed by atoms with E-state index in [0.717, 1.165) is 12.8 Å². The first kappa shape index (κ1) is 22.7. The van der Waals surface area contributed by atoms with Crippen LogP contribution in [0.15, 0.2) is 81.8 Å². The third-order valence-electron chi connectivity index (χ3n) is 5.83. The average Bonchev–Trinajstić information content (AvgIpc) is 3.65. The van der Waals surface area contributed by atoms with Crippen LogP contribution < -0.4 is 10.1 Å². The van der Waals surface area contributed by atoms with Crippen molar-refractivity contribution in [3.8, 4) is 5.75 Å². The summed E-state index contributed by atoms with van der Waals surface area (Å²) >= 11 is 0. The maximum atomic E-state index is 13.8. The van der Waals surface area contributed by atoms with Gasteiger partial charge in [-0.15, -0.1) is 0 Å². The fourth-order valence-corrected chi connectivity index (χ4v) is 4.15. The van der Waals surface area contributed by atoms with Gasteiger partial charge in [0.15, 0.2) is 6.61 Å². The van der Waals surface area contributed by atoms with Crippen molar-refractivity contribution in [1.29, 1.82) is 0 Å². The topological polar surface area (TPSA) is 94.2 Å². The first-order valence-electron chi connectivity index (χ1n) is 11.6. The van der Waals surface area contributed by atoms with Crippen molar-refractivity contribution >= 4 is 28.5 Å². The Morgan fingerprint density at radius 2 is 1.86 bits per heavy atom. The van der Waals surface area contributed by atoms with Crippen molar-refractivity contribution in [2.75, 3.05) is 25.1 Å². The highest BCUT2D eigenvalue weighted by atomic mass is 16.5. The molecule has 35 heavy (non-hydrogen) atoms. The third kappa shape index (κ3) is 5.38. The molecule has 4 aromatic rings. The lowest BCUT2D eigenvalue weighted by atomic mass is 10.2. The molecule has 0 aliphatic carbocycles. The first-order valence-corrected chi connectivity index (χ1v) is 11.6. The van der Waals surface area contributed by atoms with Gasteiger partial charge < -0.3 is 28.5 Å². The molecule has 3 heterocycles. The number of rotatable bonds is 9. The highest BCUT2D eigenvalue weighted by molar-refractivity contribution is 6.11. The molecule has 0 radical (unpaired) electrons. The summed E-state index contributed by atoms with van der Waals surface area (Å²) in [6, 6.07) is 19.9. The number of nitrogens with one attached hydrogen (secondary N) is 1. The van der Waals surface area contributed by atoms with Gasteiger partial charge >= 0.3 is 0 Å². The van der Waals surface area contributed by atoms with Crippen LogP contribution >= 0.6 is 0 Å². The van der Waals surface area contributed by atoms with Crippen LogP contribution in [0.2, 0.25) is 0 Å². The van der Waals surface area contributed by atoms with Crippen molar-refractivity contribution < 1.29 is 27.9 Å². The Morgan fingerprint density at radius 3 is 2.63 bits per heavy atom. The predicted molar refractivity (Wildman–Crippen MR) is 129 cm³/mol. The SMILES string of the molecule is O=C(COc1ccccc1)Nc1c(C(=O)N(Cc2ccco2)CC2CCCO2)oc2ccccc12. The molecule has 1 aliphatic rings. The van der Waals surface area contributed by atoms with Crippen molar-refractivity contribution in [2.24, 2.45) is 0 Å². The molecule has 2 aromatic heterocycles. The molecular weight excluding hydrogens is 448 g/mol. The van der Waals surface area contributed by atoms with Crippen LogP contribution in [0.25, 0.3) is 11.0 Å². The molecule has 5 rings (SSSR count). The van der Waals surface area contributed by atoms with Gasteiger partial charge in [0.25, 0.3) is 11.8 Å². The maximum absolute atomic E-state index is 13.8. The zero-order valence-corrected chi connectivity index (χ0v) is 19.1. The van der Waals surface area contributed by atoms with Gasteiger partial charge in [0.1, 0.15) is 22.8 Å². The molecule has 8 nitrogen and oxygen atoms in total. The van der Waals surface area contributed by atoms with Crippen molar-refractivity contribution in [3.05, 3.63) is 84.5 Å². The van der Waals surface area contributed by atoms with Crippen LogP contribution in [-0.2, 0) is 16.1 Å². The van der Waals surface area contributed by atoms with Crippen LogP contribution in [-0.4, -0.2) is 42.6 Å². The Labute approximate surface area is 202 Å². The van der Waals surface area contributed by atoms with Crippen LogP contribution in [0.5, 0.6) is 5.75 Å². The van der Waals surface area contributed by atoms with Gasteiger partial charge in [-0.3, -0.25) is 9.59 Å². The highest BCUT2D eigenvalue weighted by Gasteiger charge is 2.30. The zero-order valence-electron chi connectivity index (χ0n) is 19.1. The summed E-state index contributed by atoms with van der Waals surface area (Å²) < 4.78 is 22.8. The van der Waals surface area contributed by atoms with E-state index in [1.807, 2.05) is 36.4 Å². The van der Waals surface area contributed by atoms with Crippen molar-refractivity contribution in [1.82, 2.24) is 4.90 Å². The highest BCUT2D eigenvalue weighted by Crippen LogP contribution is 2.32. The van der Waals surface area contributed by atoms with E-state index in [9.17, 15) is 9.59 Å². The summed E-state index contributed by atoms with van der Waals surface area (Å²) in [5.74, 6) is 0.536. The lowest BCUT2D eigenvalue weighted by Crippen LogP contribution is -2.37. The van der Waals surface area contributed by atoms with E-state index in [0.29, 0.717) is 41.3 Å². The molecule has 1 fully saturated rings.